The van der Waals surface area contributed by atoms with Gasteiger partial charge in [-0.3, -0.25) is 4.90 Å². The Morgan fingerprint density at radius 3 is 3.09 bits per heavy atom. The van der Waals surface area contributed by atoms with Crippen LogP contribution in [-0.2, 0) is 11.3 Å². The number of nitrogens with one attached hydrogen (secondary N) is 1. The van der Waals surface area contributed by atoms with Crippen molar-refractivity contribution in [2.45, 2.75) is 25.4 Å². The number of ether oxygens (including phenoxy) is 2. The lowest BCUT2D eigenvalue weighted by molar-refractivity contribution is 0.140. The van der Waals surface area contributed by atoms with Gasteiger partial charge in [-0.25, -0.2) is 0 Å². The minimum atomic E-state index is 0.310. The van der Waals surface area contributed by atoms with Gasteiger partial charge >= 0.3 is 0 Å². The summed E-state index contributed by atoms with van der Waals surface area (Å²) in [7, 11) is 1.76. The number of hydrogen-bond donors (Lipinski definition) is 1. The van der Waals surface area contributed by atoms with E-state index in [-0.39, 0.29) is 0 Å². The van der Waals surface area contributed by atoms with Crippen LogP contribution in [0.5, 0.6) is 5.75 Å². The zero-order valence-electron chi connectivity index (χ0n) is 13.4. The van der Waals surface area contributed by atoms with Crippen molar-refractivity contribution in [1.82, 2.24) is 10.2 Å². The van der Waals surface area contributed by atoms with Gasteiger partial charge in [0.2, 0.25) is 0 Å². The van der Waals surface area contributed by atoms with Gasteiger partial charge in [-0.05, 0) is 25.5 Å². The van der Waals surface area contributed by atoms with E-state index in [0.29, 0.717) is 12.6 Å². The van der Waals surface area contributed by atoms with Crippen LogP contribution in [0.3, 0.4) is 0 Å². The monoisotopic (exact) mass is 302 g/mol. The summed E-state index contributed by atoms with van der Waals surface area (Å²) in [6, 6.07) is 8.65. The molecule has 0 bridgehead atoms. The lowest BCUT2D eigenvalue weighted by Gasteiger charge is -2.24. The molecular weight excluding hydrogens is 276 g/mol. The number of hydrogen-bond acceptors (Lipinski definition) is 4. The molecule has 0 saturated carbocycles. The zero-order valence-corrected chi connectivity index (χ0v) is 13.4. The Labute approximate surface area is 133 Å². The fourth-order valence-corrected chi connectivity index (χ4v) is 2.91. The minimum Gasteiger partial charge on any atom is -0.481 e. The molecule has 1 N–H and O–H groups in total. The van der Waals surface area contributed by atoms with Gasteiger partial charge in [0.25, 0.3) is 0 Å². The van der Waals surface area contributed by atoms with Crippen LogP contribution in [0.1, 0.15) is 18.4 Å². The normalized spacial score (nSPS) is 18.3. The molecule has 1 heterocycles. The molecule has 1 unspecified atom stereocenters. The molecule has 0 aliphatic carbocycles. The summed E-state index contributed by atoms with van der Waals surface area (Å²) in [5, 5.41) is 3.55. The third kappa shape index (κ3) is 5.03. The van der Waals surface area contributed by atoms with E-state index in [1.165, 1.54) is 19.4 Å². The molecule has 0 radical (unpaired) electrons. The van der Waals surface area contributed by atoms with Gasteiger partial charge in [-0.1, -0.05) is 24.1 Å². The lowest BCUT2D eigenvalue weighted by Crippen LogP contribution is -2.39. The van der Waals surface area contributed by atoms with E-state index in [1.807, 2.05) is 18.2 Å². The number of benzene rings is 1. The molecule has 0 spiro atoms. The Morgan fingerprint density at radius 2 is 2.27 bits per heavy atom. The third-order valence-electron chi connectivity index (χ3n) is 4.06. The minimum absolute atomic E-state index is 0.310. The van der Waals surface area contributed by atoms with E-state index in [2.05, 4.69) is 22.2 Å². The van der Waals surface area contributed by atoms with Gasteiger partial charge in [0.15, 0.2) is 0 Å². The number of nitrogens with zero attached hydrogens (tertiary/aromatic N) is 1. The molecule has 1 fully saturated rings. The second-order valence-electron chi connectivity index (χ2n) is 5.56. The average molecular weight is 302 g/mol. The molecule has 1 aromatic rings. The van der Waals surface area contributed by atoms with Crippen LogP contribution in [0, 0.1) is 12.3 Å². The topological polar surface area (TPSA) is 33.7 Å². The van der Waals surface area contributed by atoms with Crippen LogP contribution in [0.25, 0.3) is 0 Å². The van der Waals surface area contributed by atoms with Crippen LogP contribution in [0.2, 0.25) is 0 Å². The van der Waals surface area contributed by atoms with Gasteiger partial charge in [-0.2, -0.15) is 0 Å². The second kappa shape index (κ2) is 9.47. The highest BCUT2D eigenvalue weighted by Crippen LogP contribution is 2.19. The summed E-state index contributed by atoms with van der Waals surface area (Å²) in [4.78, 5) is 2.51. The zero-order chi connectivity index (χ0) is 15.6. The van der Waals surface area contributed by atoms with Gasteiger partial charge in [0.1, 0.15) is 12.4 Å². The molecule has 1 aliphatic rings. The number of terminal acetylenes is 1. The Kier molecular flexibility index (Phi) is 7.24. The van der Waals surface area contributed by atoms with Crippen LogP contribution in [0.15, 0.2) is 24.3 Å². The van der Waals surface area contributed by atoms with E-state index < -0.39 is 0 Å². The van der Waals surface area contributed by atoms with E-state index in [9.17, 15) is 0 Å². The Hall–Kier alpha value is -1.54. The molecule has 120 valence electrons. The summed E-state index contributed by atoms with van der Waals surface area (Å²) in [6.07, 6.45) is 7.79. The van der Waals surface area contributed by atoms with Crippen molar-refractivity contribution in [2.24, 2.45) is 0 Å². The molecular formula is C18H26N2O2. The molecule has 4 nitrogen and oxygen atoms in total. The maximum atomic E-state index is 5.58. The highest BCUT2D eigenvalue weighted by molar-refractivity contribution is 5.33. The van der Waals surface area contributed by atoms with Crippen LogP contribution < -0.4 is 10.1 Å². The maximum absolute atomic E-state index is 5.58. The number of rotatable bonds is 9. The van der Waals surface area contributed by atoms with E-state index in [0.717, 1.165) is 37.6 Å². The van der Waals surface area contributed by atoms with Crippen molar-refractivity contribution in [1.29, 1.82) is 0 Å². The fourth-order valence-electron chi connectivity index (χ4n) is 2.91. The van der Waals surface area contributed by atoms with Crippen molar-refractivity contribution in [2.75, 3.05) is 40.0 Å². The van der Waals surface area contributed by atoms with Crippen LogP contribution in [0.4, 0.5) is 0 Å². The van der Waals surface area contributed by atoms with Crippen molar-refractivity contribution in [3.8, 4) is 18.1 Å². The van der Waals surface area contributed by atoms with Gasteiger partial charge in [0, 0.05) is 38.3 Å². The maximum Gasteiger partial charge on any atom is 0.148 e. The molecule has 0 amide bonds. The van der Waals surface area contributed by atoms with Crippen molar-refractivity contribution in [3.05, 3.63) is 29.8 Å². The molecule has 4 heteroatoms. The summed E-state index contributed by atoms with van der Waals surface area (Å²) in [5.74, 6) is 3.38. The number of para-hydroxylation sites is 1. The Balaban J connectivity index is 1.79. The van der Waals surface area contributed by atoms with Crippen molar-refractivity contribution in [3.63, 3.8) is 0 Å². The van der Waals surface area contributed by atoms with E-state index >= 15 is 0 Å². The molecule has 0 aromatic heterocycles. The molecule has 1 aromatic carbocycles. The molecule has 2 rings (SSSR count). The first-order valence-electron chi connectivity index (χ1n) is 7.93. The van der Waals surface area contributed by atoms with E-state index in [1.54, 1.807) is 7.11 Å². The molecule has 1 aliphatic heterocycles. The molecule has 1 saturated heterocycles. The Bertz CT molecular complexity index is 484. The Morgan fingerprint density at radius 1 is 1.41 bits per heavy atom. The van der Waals surface area contributed by atoms with Crippen LogP contribution >= 0.6 is 0 Å². The summed E-state index contributed by atoms with van der Waals surface area (Å²) in [5.41, 5.74) is 1.15. The summed E-state index contributed by atoms with van der Waals surface area (Å²) < 4.78 is 10.8. The van der Waals surface area contributed by atoms with Gasteiger partial charge < -0.3 is 14.8 Å². The second-order valence-corrected chi connectivity index (χ2v) is 5.56. The van der Waals surface area contributed by atoms with Crippen LogP contribution in [-0.4, -0.2) is 50.9 Å². The SMILES string of the molecule is C#CCOc1ccccc1CNCC1CCCN1CCOC. The average Bonchev–Trinajstić information content (AvgIpc) is 2.99. The molecule has 1 atom stereocenters. The molecule has 22 heavy (non-hydrogen) atoms. The first-order valence-corrected chi connectivity index (χ1v) is 7.93. The predicted octanol–water partition coefficient (Wildman–Crippen LogP) is 1.90. The first kappa shape index (κ1) is 16.8. The van der Waals surface area contributed by atoms with Gasteiger partial charge in [-0.15, -0.1) is 6.42 Å². The van der Waals surface area contributed by atoms with E-state index in [4.69, 9.17) is 15.9 Å². The fraction of sp³-hybridized carbons (Fsp3) is 0.556. The predicted molar refractivity (Wildman–Crippen MR) is 88.9 cm³/mol. The smallest absolute Gasteiger partial charge is 0.148 e. The largest absolute Gasteiger partial charge is 0.481 e. The highest BCUT2D eigenvalue weighted by atomic mass is 16.5. The highest BCUT2D eigenvalue weighted by Gasteiger charge is 2.23. The van der Waals surface area contributed by atoms with Crippen molar-refractivity contribution >= 4 is 0 Å². The van der Waals surface area contributed by atoms with Gasteiger partial charge in [0.05, 0.1) is 6.61 Å². The number of methoxy groups -OCH3 is 1. The number of likely N-dealkylation sites (tertiary alicyclic amines) is 1. The lowest BCUT2D eigenvalue weighted by atomic mass is 10.2. The quantitative estimate of drug-likeness (QED) is 0.707. The third-order valence-corrected chi connectivity index (χ3v) is 4.06. The standard InChI is InChI=1S/C18H26N2O2/c1-3-12-22-18-9-5-4-7-16(18)14-19-15-17-8-6-10-20(17)11-13-21-2/h1,4-5,7,9,17,19H,6,8,10-15H2,2H3. The first-order chi connectivity index (χ1) is 10.8. The summed E-state index contributed by atoms with van der Waals surface area (Å²) >= 11 is 0. The van der Waals surface area contributed by atoms with Crippen molar-refractivity contribution < 1.29 is 9.47 Å². The summed E-state index contributed by atoms with van der Waals surface area (Å²) in [6.45, 7) is 5.11.